The van der Waals surface area contributed by atoms with Gasteiger partial charge in [-0.15, -0.1) is 0 Å². The third kappa shape index (κ3) is 3.95. The van der Waals surface area contributed by atoms with E-state index in [0.717, 1.165) is 5.56 Å². The Bertz CT molecular complexity index is 536. The Balaban J connectivity index is 2.62. The summed E-state index contributed by atoms with van der Waals surface area (Å²) < 4.78 is 13.0. The first-order valence-electron chi connectivity index (χ1n) is 6.51. The summed E-state index contributed by atoms with van der Waals surface area (Å²) in [6.45, 7) is 7.24. The summed E-state index contributed by atoms with van der Waals surface area (Å²) in [6, 6.07) is 6.43. The minimum absolute atomic E-state index is 0.00371. The van der Waals surface area contributed by atoms with E-state index in [4.69, 9.17) is 5.26 Å². The second kappa shape index (κ2) is 6.38. The molecule has 0 fully saturated rings. The van der Waals surface area contributed by atoms with Gasteiger partial charge in [0.2, 0.25) is 5.91 Å². The van der Waals surface area contributed by atoms with E-state index in [1.54, 1.807) is 19.9 Å². The number of nitrogens with zero attached hydrogens (tertiary/aromatic N) is 1. The molecule has 0 bridgehead atoms. The highest BCUT2D eigenvalue weighted by Crippen LogP contribution is 2.16. The molecule has 1 aromatic rings. The van der Waals surface area contributed by atoms with Gasteiger partial charge in [-0.2, -0.15) is 5.26 Å². The van der Waals surface area contributed by atoms with Crippen LogP contribution in [0.25, 0.3) is 0 Å². The number of hydrogen-bond donors (Lipinski definition) is 2. The van der Waals surface area contributed by atoms with Gasteiger partial charge in [-0.25, -0.2) is 4.39 Å². The van der Waals surface area contributed by atoms with Gasteiger partial charge in [0.25, 0.3) is 0 Å². The Morgan fingerprint density at radius 2 is 2.15 bits per heavy atom. The fraction of sp³-hybridized carbons (Fsp3) is 0.467. The third-order valence-electron chi connectivity index (χ3n) is 3.41. The number of nitrogens with one attached hydrogen (secondary N) is 2. The van der Waals surface area contributed by atoms with Crippen LogP contribution in [0.5, 0.6) is 0 Å². The van der Waals surface area contributed by atoms with E-state index in [0.29, 0.717) is 5.69 Å². The average Bonchev–Trinajstić information content (AvgIpc) is 2.37. The lowest BCUT2D eigenvalue weighted by molar-refractivity contribution is -0.121. The number of carbonyl (C=O) groups is 1. The molecule has 0 saturated carbocycles. The fourth-order valence-corrected chi connectivity index (χ4v) is 1.64. The SMILES string of the molecule is Cc1cc(F)ccc1NCC(=O)N[C@](C)(C#N)C(C)C. The predicted molar refractivity (Wildman–Crippen MR) is 76.6 cm³/mol. The maximum atomic E-state index is 13.0. The van der Waals surface area contributed by atoms with Gasteiger partial charge in [0, 0.05) is 5.69 Å². The standard InChI is InChI=1S/C15H20FN3O/c1-10(2)15(4,9-17)19-14(20)8-18-13-6-5-12(16)7-11(13)3/h5-7,10,18H,8H2,1-4H3,(H,19,20)/t15-/m1/s1. The number of nitriles is 1. The van der Waals surface area contributed by atoms with Gasteiger partial charge in [0.05, 0.1) is 12.6 Å². The van der Waals surface area contributed by atoms with Crippen LogP contribution in [-0.4, -0.2) is 18.0 Å². The van der Waals surface area contributed by atoms with E-state index in [-0.39, 0.29) is 24.2 Å². The lowest BCUT2D eigenvalue weighted by Gasteiger charge is -2.27. The monoisotopic (exact) mass is 277 g/mol. The lowest BCUT2D eigenvalue weighted by atomic mass is 9.90. The van der Waals surface area contributed by atoms with Crippen molar-refractivity contribution in [2.75, 3.05) is 11.9 Å². The van der Waals surface area contributed by atoms with Crippen molar-refractivity contribution in [3.05, 3.63) is 29.6 Å². The van der Waals surface area contributed by atoms with Gasteiger partial charge < -0.3 is 10.6 Å². The van der Waals surface area contributed by atoms with Crippen molar-refractivity contribution in [2.45, 2.75) is 33.2 Å². The zero-order valence-electron chi connectivity index (χ0n) is 12.2. The molecule has 4 nitrogen and oxygen atoms in total. The molecule has 0 aliphatic heterocycles. The maximum Gasteiger partial charge on any atom is 0.240 e. The highest BCUT2D eigenvalue weighted by atomic mass is 19.1. The minimum atomic E-state index is -0.892. The summed E-state index contributed by atoms with van der Waals surface area (Å²) in [5.74, 6) is -0.579. The number of aryl methyl sites for hydroxylation is 1. The molecule has 1 amide bonds. The normalized spacial score (nSPS) is 13.4. The number of anilines is 1. The quantitative estimate of drug-likeness (QED) is 0.869. The molecule has 5 heteroatoms. The van der Waals surface area contributed by atoms with Gasteiger partial charge in [-0.1, -0.05) is 13.8 Å². The number of amides is 1. The Morgan fingerprint density at radius 1 is 1.50 bits per heavy atom. The fourth-order valence-electron chi connectivity index (χ4n) is 1.64. The first-order valence-corrected chi connectivity index (χ1v) is 6.51. The van der Waals surface area contributed by atoms with Gasteiger partial charge in [0.15, 0.2) is 0 Å². The smallest absolute Gasteiger partial charge is 0.240 e. The zero-order chi connectivity index (χ0) is 15.3. The average molecular weight is 277 g/mol. The molecule has 1 atom stereocenters. The van der Waals surface area contributed by atoms with Gasteiger partial charge in [0.1, 0.15) is 11.4 Å². The van der Waals surface area contributed by atoms with Crippen molar-refractivity contribution >= 4 is 11.6 Å². The Morgan fingerprint density at radius 3 is 2.65 bits per heavy atom. The van der Waals surface area contributed by atoms with E-state index in [1.165, 1.54) is 12.1 Å². The maximum absolute atomic E-state index is 13.0. The van der Waals surface area contributed by atoms with Crippen LogP contribution >= 0.6 is 0 Å². The summed E-state index contributed by atoms with van der Waals surface area (Å²) in [6.07, 6.45) is 0. The summed E-state index contributed by atoms with van der Waals surface area (Å²) in [5, 5.41) is 14.8. The summed E-state index contributed by atoms with van der Waals surface area (Å²) in [7, 11) is 0. The van der Waals surface area contributed by atoms with Gasteiger partial charge in [-0.05, 0) is 43.5 Å². The topological polar surface area (TPSA) is 64.9 Å². The number of halogens is 1. The minimum Gasteiger partial charge on any atom is -0.376 e. The number of hydrogen-bond acceptors (Lipinski definition) is 3. The second-order valence-electron chi connectivity index (χ2n) is 5.33. The van der Waals surface area contributed by atoms with Crippen LogP contribution in [0.15, 0.2) is 18.2 Å². The number of rotatable bonds is 5. The van der Waals surface area contributed by atoms with Crippen molar-refractivity contribution in [1.29, 1.82) is 5.26 Å². The predicted octanol–water partition coefficient (Wildman–Crippen LogP) is 2.60. The number of benzene rings is 1. The second-order valence-corrected chi connectivity index (χ2v) is 5.33. The molecular formula is C15H20FN3O. The van der Waals surface area contributed by atoms with E-state index in [2.05, 4.69) is 16.7 Å². The summed E-state index contributed by atoms with van der Waals surface area (Å²) in [5.41, 5.74) is 0.533. The molecule has 0 aliphatic rings. The van der Waals surface area contributed by atoms with Crippen molar-refractivity contribution in [1.82, 2.24) is 5.32 Å². The van der Waals surface area contributed by atoms with Gasteiger partial charge in [-0.3, -0.25) is 4.79 Å². The summed E-state index contributed by atoms with van der Waals surface area (Å²) >= 11 is 0. The molecule has 0 radical (unpaired) electrons. The van der Waals surface area contributed by atoms with Crippen molar-refractivity contribution in [2.24, 2.45) is 5.92 Å². The first kappa shape index (κ1) is 16.0. The first-order chi connectivity index (χ1) is 9.28. The van der Waals surface area contributed by atoms with E-state index in [9.17, 15) is 9.18 Å². The molecular weight excluding hydrogens is 257 g/mol. The Kier molecular flexibility index (Phi) is 5.09. The molecule has 0 unspecified atom stereocenters. The lowest BCUT2D eigenvalue weighted by Crippen LogP contribution is -2.50. The van der Waals surface area contributed by atoms with Crippen LogP contribution < -0.4 is 10.6 Å². The third-order valence-corrected chi connectivity index (χ3v) is 3.41. The molecule has 1 rings (SSSR count). The zero-order valence-corrected chi connectivity index (χ0v) is 12.2. The van der Waals surface area contributed by atoms with Crippen molar-refractivity contribution < 1.29 is 9.18 Å². The highest BCUT2D eigenvalue weighted by molar-refractivity contribution is 5.82. The number of carbonyl (C=O) groups excluding carboxylic acids is 1. The van der Waals surface area contributed by atoms with Crippen LogP contribution in [0, 0.1) is 30.0 Å². The molecule has 0 heterocycles. The molecule has 20 heavy (non-hydrogen) atoms. The van der Waals surface area contributed by atoms with Crippen LogP contribution in [0.1, 0.15) is 26.3 Å². The summed E-state index contributed by atoms with van der Waals surface area (Å²) in [4.78, 5) is 11.9. The van der Waals surface area contributed by atoms with Crippen LogP contribution in [0.4, 0.5) is 10.1 Å². The van der Waals surface area contributed by atoms with E-state index < -0.39 is 5.54 Å². The molecule has 0 aromatic heterocycles. The van der Waals surface area contributed by atoms with Crippen molar-refractivity contribution in [3.63, 3.8) is 0 Å². The van der Waals surface area contributed by atoms with E-state index >= 15 is 0 Å². The van der Waals surface area contributed by atoms with Crippen LogP contribution in [-0.2, 0) is 4.79 Å². The Labute approximate surface area is 119 Å². The van der Waals surface area contributed by atoms with Crippen LogP contribution in [0.2, 0.25) is 0 Å². The molecule has 0 spiro atoms. The van der Waals surface area contributed by atoms with Gasteiger partial charge >= 0.3 is 0 Å². The Hall–Kier alpha value is -2.09. The largest absolute Gasteiger partial charge is 0.376 e. The molecule has 1 aromatic carbocycles. The molecule has 2 N–H and O–H groups in total. The highest BCUT2D eigenvalue weighted by Gasteiger charge is 2.29. The van der Waals surface area contributed by atoms with Crippen molar-refractivity contribution in [3.8, 4) is 6.07 Å². The van der Waals surface area contributed by atoms with Crippen LogP contribution in [0.3, 0.4) is 0 Å². The molecule has 0 saturated heterocycles. The van der Waals surface area contributed by atoms with E-state index in [1.807, 2.05) is 13.8 Å². The molecule has 108 valence electrons. The molecule has 0 aliphatic carbocycles.